The molecule has 2 rings (SSSR count). The first-order chi connectivity index (χ1) is 11.5. The van der Waals surface area contributed by atoms with Crippen LogP contribution in [0.2, 0.25) is 0 Å². The summed E-state index contributed by atoms with van der Waals surface area (Å²) in [6.45, 7) is 4.48. The average Bonchev–Trinajstić information content (AvgIpc) is 2.60. The molecule has 0 spiro atoms. The molecule has 0 aliphatic rings. The van der Waals surface area contributed by atoms with Gasteiger partial charge in [0.2, 0.25) is 0 Å². The van der Waals surface area contributed by atoms with Gasteiger partial charge in [-0.05, 0) is 25.3 Å². The predicted octanol–water partition coefficient (Wildman–Crippen LogP) is 2.97. The van der Waals surface area contributed by atoms with Crippen molar-refractivity contribution in [2.45, 2.75) is 20.3 Å². The molecule has 0 heterocycles. The van der Waals surface area contributed by atoms with E-state index >= 15 is 0 Å². The Bertz CT molecular complexity index is 707. The topological polar surface area (TPSA) is 66.4 Å². The minimum Gasteiger partial charge on any atom is -0.396 e. The molecule has 0 aromatic heterocycles. The third kappa shape index (κ3) is 4.52. The second-order valence-corrected chi connectivity index (χ2v) is 6.07. The van der Waals surface area contributed by atoms with Gasteiger partial charge in [-0.25, -0.2) is 0 Å². The van der Waals surface area contributed by atoms with E-state index in [1.54, 1.807) is 36.4 Å². The lowest BCUT2D eigenvalue weighted by molar-refractivity contribution is 0.0935. The first-order valence-electron chi connectivity index (χ1n) is 8.12. The van der Waals surface area contributed by atoms with E-state index < -0.39 is 0 Å². The Labute approximate surface area is 142 Å². The Morgan fingerprint density at radius 3 is 2.29 bits per heavy atom. The summed E-state index contributed by atoms with van der Waals surface area (Å²) in [5.41, 5.74) is 2.41. The zero-order valence-electron chi connectivity index (χ0n) is 14.1. The molecule has 24 heavy (non-hydrogen) atoms. The molecule has 1 unspecified atom stereocenters. The average molecular weight is 325 g/mol. The third-order valence-corrected chi connectivity index (χ3v) is 3.96. The molecule has 0 radical (unpaired) electrons. The predicted molar refractivity (Wildman–Crippen MR) is 94.3 cm³/mol. The van der Waals surface area contributed by atoms with Crippen molar-refractivity contribution in [3.05, 3.63) is 70.8 Å². The number of aliphatic hydroxyl groups excluding tert-OH is 1. The van der Waals surface area contributed by atoms with Crippen molar-refractivity contribution in [2.75, 3.05) is 13.2 Å². The number of hydrogen-bond donors (Lipinski definition) is 2. The van der Waals surface area contributed by atoms with Crippen LogP contribution in [0.4, 0.5) is 0 Å². The Balaban J connectivity index is 2.19. The minimum absolute atomic E-state index is 0.0968. The molecule has 126 valence electrons. The monoisotopic (exact) mass is 325 g/mol. The van der Waals surface area contributed by atoms with Crippen molar-refractivity contribution < 1.29 is 14.7 Å². The smallest absolute Gasteiger partial charge is 0.252 e. The van der Waals surface area contributed by atoms with Crippen LogP contribution in [0.3, 0.4) is 0 Å². The number of ketones is 1. The van der Waals surface area contributed by atoms with Crippen molar-refractivity contribution in [2.24, 2.45) is 5.92 Å². The van der Waals surface area contributed by atoms with E-state index in [2.05, 4.69) is 5.32 Å². The number of amides is 1. The fourth-order valence-corrected chi connectivity index (χ4v) is 2.42. The third-order valence-electron chi connectivity index (χ3n) is 3.96. The van der Waals surface area contributed by atoms with Crippen LogP contribution < -0.4 is 5.32 Å². The molecule has 1 amide bonds. The highest BCUT2D eigenvalue weighted by Crippen LogP contribution is 2.15. The first kappa shape index (κ1) is 17.9. The van der Waals surface area contributed by atoms with E-state index in [1.807, 2.05) is 26.0 Å². The molecule has 0 fully saturated rings. The van der Waals surface area contributed by atoms with E-state index in [1.165, 1.54) is 0 Å². The summed E-state index contributed by atoms with van der Waals surface area (Å²) in [7, 11) is 0. The molecule has 2 aromatic carbocycles. The van der Waals surface area contributed by atoms with Crippen molar-refractivity contribution in [3.63, 3.8) is 0 Å². The number of aliphatic hydroxyl groups is 1. The molecule has 0 aliphatic carbocycles. The highest BCUT2D eigenvalue weighted by Gasteiger charge is 2.18. The fraction of sp³-hybridized carbons (Fsp3) is 0.300. The maximum absolute atomic E-state index is 12.7. The highest BCUT2D eigenvalue weighted by atomic mass is 16.3. The van der Waals surface area contributed by atoms with Crippen LogP contribution in [0.25, 0.3) is 0 Å². The molecule has 0 bridgehead atoms. The van der Waals surface area contributed by atoms with Crippen LogP contribution >= 0.6 is 0 Å². The zero-order valence-corrected chi connectivity index (χ0v) is 14.1. The lowest BCUT2D eigenvalue weighted by Crippen LogP contribution is -2.30. The first-order valence-corrected chi connectivity index (χ1v) is 8.12. The summed E-state index contributed by atoms with van der Waals surface area (Å²) in [6, 6.07) is 14.1. The summed E-state index contributed by atoms with van der Waals surface area (Å²) in [5, 5.41) is 11.8. The normalized spacial score (nSPS) is 11.8. The van der Waals surface area contributed by atoms with Gasteiger partial charge in [0.15, 0.2) is 5.78 Å². The number of hydrogen-bond acceptors (Lipinski definition) is 3. The summed E-state index contributed by atoms with van der Waals surface area (Å²) >= 11 is 0. The van der Waals surface area contributed by atoms with Gasteiger partial charge in [-0.2, -0.15) is 0 Å². The Morgan fingerprint density at radius 2 is 1.67 bits per heavy atom. The van der Waals surface area contributed by atoms with Gasteiger partial charge in [-0.15, -0.1) is 0 Å². The van der Waals surface area contributed by atoms with E-state index in [9.17, 15) is 9.59 Å². The lowest BCUT2D eigenvalue weighted by atomic mass is 9.97. The van der Waals surface area contributed by atoms with Crippen LogP contribution in [0.1, 0.15) is 45.2 Å². The molecule has 4 nitrogen and oxygen atoms in total. The lowest BCUT2D eigenvalue weighted by Gasteiger charge is -2.13. The number of rotatable bonds is 7. The molecule has 0 saturated heterocycles. The van der Waals surface area contributed by atoms with E-state index in [-0.39, 0.29) is 24.2 Å². The molecule has 4 heteroatoms. The van der Waals surface area contributed by atoms with Crippen LogP contribution in [0.15, 0.2) is 48.5 Å². The number of nitrogens with one attached hydrogen (secondary N) is 1. The van der Waals surface area contributed by atoms with E-state index in [0.29, 0.717) is 29.7 Å². The second-order valence-electron chi connectivity index (χ2n) is 6.07. The van der Waals surface area contributed by atoms with E-state index in [0.717, 1.165) is 5.56 Å². The summed E-state index contributed by atoms with van der Waals surface area (Å²) in [6.07, 6.45) is 0.629. The molecule has 1 atom stereocenters. The van der Waals surface area contributed by atoms with Gasteiger partial charge in [-0.3, -0.25) is 9.59 Å². The SMILES string of the molecule is Cc1ccc(C(=O)c2ccccc2C(=O)NCC(C)CCO)cc1. The van der Waals surface area contributed by atoms with E-state index in [4.69, 9.17) is 5.11 Å². The molecular formula is C20H23NO3. The second kappa shape index (κ2) is 8.41. The van der Waals surface area contributed by atoms with Crippen LogP contribution in [0, 0.1) is 12.8 Å². The minimum atomic E-state index is -0.268. The number of aryl methyl sites for hydroxylation is 1. The zero-order chi connectivity index (χ0) is 17.5. The summed E-state index contributed by atoms with van der Waals surface area (Å²) in [4.78, 5) is 25.1. The van der Waals surface area contributed by atoms with Gasteiger partial charge in [0.1, 0.15) is 0 Å². The van der Waals surface area contributed by atoms with Crippen molar-refractivity contribution in [1.82, 2.24) is 5.32 Å². The van der Waals surface area contributed by atoms with Gasteiger partial charge in [0.25, 0.3) is 5.91 Å². The molecule has 0 saturated carbocycles. The van der Waals surface area contributed by atoms with Gasteiger partial charge in [0, 0.05) is 24.3 Å². The number of carbonyl (C=O) groups is 2. The van der Waals surface area contributed by atoms with Gasteiger partial charge < -0.3 is 10.4 Å². The summed E-state index contributed by atoms with van der Waals surface area (Å²) < 4.78 is 0. The molecule has 2 N–H and O–H groups in total. The largest absolute Gasteiger partial charge is 0.396 e. The molecule has 0 aliphatic heterocycles. The number of benzene rings is 2. The Hall–Kier alpha value is -2.46. The highest BCUT2D eigenvalue weighted by molar-refractivity contribution is 6.15. The van der Waals surface area contributed by atoms with Gasteiger partial charge in [0.05, 0.1) is 5.56 Å². The van der Waals surface area contributed by atoms with Crippen LogP contribution in [-0.2, 0) is 0 Å². The standard InChI is InChI=1S/C20H23NO3/c1-14-7-9-16(10-8-14)19(23)17-5-3-4-6-18(17)20(24)21-13-15(2)11-12-22/h3-10,15,22H,11-13H2,1-2H3,(H,21,24). The quantitative estimate of drug-likeness (QED) is 0.769. The van der Waals surface area contributed by atoms with Gasteiger partial charge >= 0.3 is 0 Å². The van der Waals surface area contributed by atoms with Gasteiger partial charge in [-0.1, -0.05) is 55.0 Å². The van der Waals surface area contributed by atoms with Crippen LogP contribution in [-0.4, -0.2) is 29.9 Å². The Kier molecular flexibility index (Phi) is 6.27. The number of carbonyl (C=O) groups excluding carboxylic acids is 2. The Morgan fingerprint density at radius 1 is 1.04 bits per heavy atom. The maximum atomic E-state index is 12.7. The van der Waals surface area contributed by atoms with Crippen molar-refractivity contribution >= 4 is 11.7 Å². The maximum Gasteiger partial charge on any atom is 0.252 e. The van der Waals surface area contributed by atoms with Crippen LogP contribution in [0.5, 0.6) is 0 Å². The fourth-order valence-electron chi connectivity index (χ4n) is 2.42. The molecule has 2 aromatic rings. The van der Waals surface area contributed by atoms with Crippen molar-refractivity contribution in [3.8, 4) is 0 Å². The van der Waals surface area contributed by atoms with Crippen molar-refractivity contribution in [1.29, 1.82) is 0 Å². The molecular weight excluding hydrogens is 302 g/mol. The summed E-state index contributed by atoms with van der Waals surface area (Å²) in [5.74, 6) is -0.251.